The van der Waals surface area contributed by atoms with Gasteiger partial charge in [-0.3, -0.25) is 0 Å². The minimum atomic E-state index is 1.13. The van der Waals surface area contributed by atoms with Gasteiger partial charge in [0, 0.05) is 33.6 Å². The van der Waals surface area contributed by atoms with E-state index in [0.717, 1.165) is 19.4 Å². The van der Waals surface area contributed by atoms with Gasteiger partial charge >= 0.3 is 0 Å². The number of imidazole rings is 2. The van der Waals surface area contributed by atoms with E-state index in [1.165, 1.54) is 54.4 Å². The van der Waals surface area contributed by atoms with Crippen molar-refractivity contribution in [2.24, 2.45) is 14.1 Å². The molecule has 0 bridgehead atoms. The summed E-state index contributed by atoms with van der Waals surface area (Å²) in [6.07, 6.45) is 9.58. The second-order valence-corrected chi connectivity index (χ2v) is 6.84. The van der Waals surface area contributed by atoms with E-state index in [2.05, 4.69) is 66.7 Å². The minimum Gasteiger partial charge on any atom is -0.245 e. The van der Waals surface area contributed by atoms with Crippen molar-refractivity contribution < 1.29 is 9.13 Å². The van der Waals surface area contributed by atoms with E-state index in [1.807, 2.05) is 0 Å². The highest BCUT2D eigenvalue weighted by molar-refractivity contribution is 5.03. The summed E-state index contributed by atoms with van der Waals surface area (Å²) < 4.78 is 7.11. The molecule has 0 amide bonds. The van der Waals surface area contributed by atoms with Gasteiger partial charge in [0.1, 0.15) is 23.3 Å². The Morgan fingerprint density at radius 2 is 1.78 bits per heavy atom. The van der Waals surface area contributed by atoms with Crippen LogP contribution in [0, 0.1) is 20.8 Å². The van der Waals surface area contributed by atoms with E-state index in [9.17, 15) is 0 Å². The first-order valence-electron chi connectivity index (χ1n) is 9.04. The number of hydrogen-bond acceptors (Lipinski definition) is 0. The Labute approximate surface area is 141 Å². The molecule has 2 heterocycles. The summed E-state index contributed by atoms with van der Waals surface area (Å²) >= 11 is 0. The van der Waals surface area contributed by atoms with Gasteiger partial charge in [0.05, 0.1) is 20.6 Å². The maximum Gasteiger partial charge on any atom is 0.256 e. The lowest BCUT2D eigenvalue weighted by Gasteiger charge is -2.02. The van der Waals surface area contributed by atoms with E-state index in [-0.39, 0.29) is 0 Å². The molecule has 2 aromatic rings. The number of rotatable bonds is 8. The standard InChI is InChI=1S/C19H33N4/c1-7-8-13-23-14-15(2)21(5)19(23)12-10-9-11-18-20-16(3)17(4)22(18)6/h14H,7-13H2,1-6H3/q+1/p+1. The molecule has 0 saturated heterocycles. The molecule has 0 atom stereocenters. The second-order valence-electron chi connectivity index (χ2n) is 6.84. The van der Waals surface area contributed by atoms with Crippen molar-refractivity contribution in [2.75, 3.05) is 0 Å². The van der Waals surface area contributed by atoms with Crippen molar-refractivity contribution >= 4 is 0 Å². The summed E-state index contributed by atoms with van der Waals surface area (Å²) in [5.74, 6) is 2.82. The Bertz CT molecular complexity index is 649. The van der Waals surface area contributed by atoms with Crippen molar-refractivity contribution in [1.82, 2.24) is 9.55 Å². The first-order chi connectivity index (χ1) is 11.0. The normalized spacial score (nSPS) is 11.4. The maximum absolute atomic E-state index is 3.52. The van der Waals surface area contributed by atoms with Crippen molar-refractivity contribution in [1.29, 1.82) is 0 Å². The van der Waals surface area contributed by atoms with E-state index >= 15 is 0 Å². The van der Waals surface area contributed by atoms with Gasteiger partial charge in [-0.15, -0.1) is 0 Å². The average Bonchev–Trinajstić information content (AvgIpc) is 2.93. The molecule has 0 aliphatic rings. The van der Waals surface area contributed by atoms with E-state index in [4.69, 9.17) is 0 Å². The number of H-pyrrole nitrogens is 1. The number of unbranched alkanes of at least 4 members (excludes halogenated alkanes) is 2. The molecule has 0 radical (unpaired) electrons. The van der Waals surface area contributed by atoms with Crippen LogP contribution < -0.4 is 9.13 Å². The molecule has 23 heavy (non-hydrogen) atoms. The van der Waals surface area contributed by atoms with Crippen molar-refractivity contribution in [3.63, 3.8) is 0 Å². The van der Waals surface area contributed by atoms with Gasteiger partial charge in [0.15, 0.2) is 0 Å². The number of aryl methyl sites for hydroxylation is 4. The first kappa shape index (κ1) is 17.8. The highest BCUT2D eigenvalue weighted by Crippen LogP contribution is 2.08. The Morgan fingerprint density at radius 1 is 1.09 bits per heavy atom. The molecule has 0 aliphatic heterocycles. The monoisotopic (exact) mass is 318 g/mol. The minimum absolute atomic E-state index is 1.13. The molecule has 4 heteroatoms. The van der Waals surface area contributed by atoms with Gasteiger partial charge < -0.3 is 0 Å². The van der Waals surface area contributed by atoms with Crippen LogP contribution in [0.15, 0.2) is 6.20 Å². The third kappa shape index (κ3) is 4.04. The maximum atomic E-state index is 3.52. The highest BCUT2D eigenvalue weighted by Gasteiger charge is 2.18. The van der Waals surface area contributed by atoms with Crippen molar-refractivity contribution in [3.8, 4) is 0 Å². The van der Waals surface area contributed by atoms with Gasteiger partial charge in [-0.25, -0.2) is 18.7 Å². The molecule has 0 aliphatic carbocycles. The van der Waals surface area contributed by atoms with Crippen molar-refractivity contribution in [2.45, 2.75) is 72.8 Å². The van der Waals surface area contributed by atoms with Gasteiger partial charge in [-0.05, 0) is 19.3 Å². The molecule has 0 spiro atoms. The van der Waals surface area contributed by atoms with Crippen LogP contribution >= 0.6 is 0 Å². The van der Waals surface area contributed by atoms with Crippen LogP contribution in [-0.2, 0) is 33.5 Å². The molecule has 0 saturated carbocycles. The SMILES string of the molecule is CCCC[n+]1cc(C)n(C)c1CCCCc1[nH]c(C)c(C)[n+]1C. The molecule has 0 unspecified atom stereocenters. The largest absolute Gasteiger partial charge is 0.256 e. The fourth-order valence-electron chi connectivity index (χ4n) is 3.27. The molecular formula is C19H34N4+2. The molecule has 2 rings (SSSR count). The summed E-state index contributed by atoms with van der Waals surface area (Å²) in [5.41, 5.74) is 3.99. The first-order valence-corrected chi connectivity index (χ1v) is 9.04. The summed E-state index contributed by atoms with van der Waals surface area (Å²) in [6.45, 7) is 9.95. The fourth-order valence-corrected chi connectivity index (χ4v) is 3.27. The Balaban J connectivity index is 1.92. The van der Waals surface area contributed by atoms with Crippen LogP contribution in [0.25, 0.3) is 0 Å². The van der Waals surface area contributed by atoms with Crippen LogP contribution in [0.2, 0.25) is 0 Å². The zero-order chi connectivity index (χ0) is 17.0. The third-order valence-corrected chi connectivity index (χ3v) is 5.19. The summed E-state index contributed by atoms with van der Waals surface area (Å²) in [4.78, 5) is 3.52. The van der Waals surface area contributed by atoms with Crippen molar-refractivity contribution in [3.05, 3.63) is 34.9 Å². The smallest absolute Gasteiger partial charge is 0.245 e. The van der Waals surface area contributed by atoms with Crippen LogP contribution in [0.4, 0.5) is 0 Å². The molecule has 128 valence electrons. The predicted molar refractivity (Wildman–Crippen MR) is 93.3 cm³/mol. The van der Waals surface area contributed by atoms with Crippen LogP contribution in [0.3, 0.4) is 0 Å². The number of nitrogens with one attached hydrogen (secondary N) is 1. The zero-order valence-electron chi connectivity index (χ0n) is 15.9. The Morgan fingerprint density at radius 3 is 2.39 bits per heavy atom. The van der Waals surface area contributed by atoms with Gasteiger partial charge in [0.25, 0.3) is 11.6 Å². The molecule has 0 fully saturated rings. The summed E-state index contributed by atoms with van der Waals surface area (Å²) in [7, 11) is 4.36. The average molecular weight is 319 g/mol. The number of hydrogen-bond donors (Lipinski definition) is 1. The number of nitrogens with zero attached hydrogens (tertiary/aromatic N) is 3. The molecular weight excluding hydrogens is 284 g/mol. The van der Waals surface area contributed by atoms with Gasteiger partial charge in [0.2, 0.25) is 0 Å². The summed E-state index contributed by atoms with van der Waals surface area (Å²) in [6, 6.07) is 0. The highest BCUT2D eigenvalue weighted by atomic mass is 15.1. The topological polar surface area (TPSA) is 28.5 Å². The van der Waals surface area contributed by atoms with E-state index in [1.54, 1.807) is 0 Å². The Hall–Kier alpha value is -1.58. The van der Waals surface area contributed by atoms with Crippen LogP contribution in [-0.4, -0.2) is 9.55 Å². The Kier molecular flexibility index (Phi) is 6.03. The molecule has 1 N–H and O–H groups in total. The molecule has 2 aromatic heterocycles. The number of aromatic amines is 1. The molecule has 4 nitrogen and oxygen atoms in total. The van der Waals surface area contributed by atoms with Crippen LogP contribution in [0.5, 0.6) is 0 Å². The lowest BCUT2D eigenvalue weighted by Crippen LogP contribution is -2.37. The van der Waals surface area contributed by atoms with Gasteiger partial charge in [-0.2, -0.15) is 0 Å². The fraction of sp³-hybridized carbons (Fsp3) is 0.684. The number of aromatic nitrogens is 4. The molecule has 0 aromatic carbocycles. The third-order valence-electron chi connectivity index (χ3n) is 5.19. The zero-order valence-corrected chi connectivity index (χ0v) is 15.9. The van der Waals surface area contributed by atoms with E-state index in [0.29, 0.717) is 0 Å². The van der Waals surface area contributed by atoms with E-state index < -0.39 is 0 Å². The quantitative estimate of drug-likeness (QED) is 0.573. The lowest BCUT2D eigenvalue weighted by atomic mass is 10.1. The predicted octanol–water partition coefficient (Wildman–Crippen LogP) is 2.76. The summed E-state index contributed by atoms with van der Waals surface area (Å²) in [5, 5.41) is 0. The van der Waals surface area contributed by atoms with Gasteiger partial charge in [-0.1, -0.05) is 13.3 Å². The lowest BCUT2D eigenvalue weighted by molar-refractivity contribution is -0.704. The van der Waals surface area contributed by atoms with Crippen LogP contribution in [0.1, 0.15) is 61.3 Å². The second kappa shape index (κ2) is 7.80.